The number of hydrogen-bond acceptors (Lipinski definition) is 3. The second kappa shape index (κ2) is 10.7. The Hall–Kier alpha value is -2.99. The third-order valence-corrected chi connectivity index (χ3v) is 6.39. The molecule has 0 saturated carbocycles. The van der Waals surface area contributed by atoms with E-state index in [-0.39, 0.29) is 12.5 Å². The number of nitrogens with zero attached hydrogens (tertiary/aromatic N) is 2. The number of benzene rings is 3. The van der Waals surface area contributed by atoms with Crippen LogP contribution in [0.15, 0.2) is 60.7 Å². The Morgan fingerprint density at radius 1 is 0.943 bits per heavy atom. The number of ether oxygens (including phenoxy) is 1. The van der Waals surface area contributed by atoms with Gasteiger partial charge in [0.15, 0.2) is 5.75 Å². The number of carbonyl (C=O) groups is 1. The maximum Gasteiger partial charge on any atom is 0.255 e. The summed E-state index contributed by atoms with van der Waals surface area (Å²) in [5.41, 5.74) is 6.02. The fourth-order valence-electron chi connectivity index (χ4n) is 3.71. The van der Waals surface area contributed by atoms with E-state index in [1.807, 2.05) is 24.6 Å². The Kier molecular flexibility index (Phi) is 7.70. The number of carbonyl (C=O) groups excluding carboxylic acids is 1. The van der Waals surface area contributed by atoms with E-state index in [1.54, 1.807) is 30.3 Å². The van der Waals surface area contributed by atoms with Crippen molar-refractivity contribution in [2.45, 2.75) is 33.9 Å². The molecule has 0 unspecified atom stereocenters. The van der Waals surface area contributed by atoms with Crippen molar-refractivity contribution in [2.24, 2.45) is 0 Å². The van der Waals surface area contributed by atoms with Crippen molar-refractivity contribution in [1.29, 1.82) is 0 Å². The standard InChI is InChI=1S/C27H24Cl3N3O2/c1-16-7-9-19(10-8-16)14-33-18(3)25(17(2)32-33)31-27(34)21-6-4-5-20(11-21)15-35-26-23(29)12-22(28)13-24(26)30/h4-13H,14-15H2,1-3H3,(H,31,34). The summed E-state index contributed by atoms with van der Waals surface area (Å²) in [5.74, 6) is 0.121. The largest absolute Gasteiger partial charge is 0.486 e. The highest BCUT2D eigenvalue weighted by atomic mass is 35.5. The molecule has 0 atom stereocenters. The molecule has 180 valence electrons. The maximum atomic E-state index is 13.0. The fourth-order valence-corrected chi connectivity index (χ4v) is 4.63. The molecule has 3 aromatic carbocycles. The molecule has 1 aromatic heterocycles. The highest BCUT2D eigenvalue weighted by Crippen LogP contribution is 2.36. The van der Waals surface area contributed by atoms with Gasteiger partial charge >= 0.3 is 0 Å². The number of rotatable bonds is 7. The second-order valence-corrected chi connectivity index (χ2v) is 9.58. The highest BCUT2D eigenvalue weighted by Gasteiger charge is 2.16. The van der Waals surface area contributed by atoms with Crippen molar-refractivity contribution in [3.8, 4) is 5.75 Å². The third-order valence-electron chi connectivity index (χ3n) is 5.61. The quantitative estimate of drug-likeness (QED) is 0.268. The highest BCUT2D eigenvalue weighted by molar-refractivity contribution is 6.40. The molecule has 4 rings (SSSR count). The molecule has 8 heteroatoms. The predicted molar refractivity (Wildman–Crippen MR) is 142 cm³/mol. The number of hydrogen-bond donors (Lipinski definition) is 1. The Morgan fingerprint density at radius 3 is 2.31 bits per heavy atom. The summed E-state index contributed by atoms with van der Waals surface area (Å²) in [6.07, 6.45) is 0. The zero-order chi connectivity index (χ0) is 25.1. The molecule has 0 spiro atoms. The van der Waals surface area contributed by atoms with Crippen LogP contribution in [0.4, 0.5) is 5.69 Å². The maximum absolute atomic E-state index is 13.0. The summed E-state index contributed by atoms with van der Waals surface area (Å²) in [4.78, 5) is 13.0. The lowest BCUT2D eigenvalue weighted by Crippen LogP contribution is -2.14. The van der Waals surface area contributed by atoms with Gasteiger partial charge in [-0.05, 0) is 56.2 Å². The molecule has 0 saturated heterocycles. The number of amides is 1. The molecule has 1 N–H and O–H groups in total. The normalized spacial score (nSPS) is 10.9. The first-order chi connectivity index (χ1) is 16.7. The molecule has 1 heterocycles. The minimum Gasteiger partial charge on any atom is -0.486 e. The van der Waals surface area contributed by atoms with Gasteiger partial charge < -0.3 is 10.1 Å². The summed E-state index contributed by atoms with van der Waals surface area (Å²) >= 11 is 18.3. The number of aryl methyl sites for hydroxylation is 2. The Bertz CT molecular complexity index is 1360. The van der Waals surface area contributed by atoms with Gasteiger partial charge in [0.2, 0.25) is 0 Å². The van der Waals surface area contributed by atoms with Crippen molar-refractivity contribution in [3.63, 3.8) is 0 Å². The van der Waals surface area contributed by atoms with Gasteiger partial charge in [-0.15, -0.1) is 0 Å². The average molecular weight is 529 g/mol. The molecular weight excluding hydrogens is 505 g/mol. The Morgan fingerprint density at radius 2 is 1.63 bits per heavy atom. The molecule has 0 radical (unpaired) electrons. The zero-order valence-electron chi connectivity index (χ0n) is 19.5. The van der Waals surface area contributed by atoms with Gasteiger partial charge in [0.25, 0.3) is 5.91 Å². The van der Waals surface area contributed by atoms with Crippen molar-refractivity contribution >= 4 is 46.4 Å². The Balaban J connectivity index is 1.46. The van der Waals surface area contributed by atoms with E-state index in [0.717, 1.165) is 22.5 Å². The molecule has 35 heavy (non-hydrogen) atoms. The summed E-state index contributed by atoms with van der Waals surface area (Å²) < 4.78 is 7.70. The fraction of sp³-hybridized carbons (Fsp3) is 0.185. The number of anilines is 1. The van der Waals surface area contributed by atoms with Crippen molar-refractivity contribution in [2.75, 3.05) is 5.32 Å². The second-order valence-electron chi connectivity index (χ2n) is 8.33. The number of halogens is 3. The molecule has 0 aliphatic carbocycles. The molecule has 5 nitrogen and oxygen atoms in total. The minimum atomic E-state index is -0.226. The minimum absolute atomic E-state index is 0.189. The van der Waals surface area contributed by atoms with Gasteiger partial charge in [0.1, 0.15) is 6.61 Å². The van der Waals surface area contributed by atoms with Crippen LogP contribution in [-0.4, -0.2) is 15.7 Å². The van der Waals surface area contributed by atoms with E-state index < -0.39 is 0 Å². The summed E-state index contributed by atoms with van der Waals surface area (Å²) in [6, 6.07) is 18.7. The van der Waals surface area contributed by atoms with Crippen LogP contribution < -0.4 is 10.1 Å². The lowest BCUT2D eigenvalue weighted by Gasteiger charge is -2.12. The van der Waals surface area contributed by atoms with E-state index in [4.69, 9.17) is 39.5 Å². The van der Waals surface area contributed by atoms with Crippen LogP contribution in [0.25, 0.3) is 0 Å². The van der Waals surface area contributed by atoms with Crippen LogP contribution >= 0.6 is 34.8 Å². The topological polar surface area (TPSA) is 56.2 Å². The van der Waals surface area contributed by atoms with Crippen LogP contribution in [0.2, 0.25) is 15.1 Å². The summed E-state index contributed by atoms with van der Waals surface area (Å²) in [6.45, 7) is 6.72. The molecule has 1 amide bonds. The lowest BCUT2D eigenvalue weighted by molar-refractivity contribution is 0.102. The zero-order valence-corrected chi connectivity index (χ0v) is 21.8. The van der Waals surface area contributed by atoms with Gasteiger partial charge in [0.05, 0.1) is 33.7 Å². The van der Waals surface area contributed by atoms with E-state index in [1.165, 1.54) is 5.56 Å². The monoisotopic (exact) mass is 527 g/mol. The van der Waals surface area contributed by atoms with Gasteiger partial charge in [-0.2, -0.15) is 5.10 Å². The van der Waals surface area contributed by atoms with Gasteiger partial charge in [-0.25, -0.2) is 0 Å². The molecule has 0 aliphatic rings. The van der Waals surface area contributed by atoms with Gasteiger partial charge in [-0.3, -0.25) is 9.48 Å². The van der Waals surface area contributed by atoms with Gasteiger partial charge in [-0.1, -0.05) is 76.8 Å². The summed E-state index contributed by atoms with van der Waals surface area (Å²) in [5, 5.41) is 8.72. The van der Waals surface area contributed by atoms with Crippen LogP contribution in [-0.2, 0) is 13.2 Å². The molecule has 0 bridgehead atoms. The van der Waals surface area contributed by atoms with E-state index >= 15 is 0 Å². The van der Waals surface area contributed by atoms with Crippen molar-refractivity contribution in [1.82, 2.24) is 9.78 Å². The van der Waals surface area contributed by atoms with Crippen molar-refractivity contribution < 1.29 is 9.53 Å². The number of aromatic nitrogens is 2. The smallest absolute Gasteiger partial charge is 0.255 e. The van der Waals surface area contributed by atoms with E-state index in [9.17, 15) is 4.79 Å². The van der Waals surface area contributed by atoms with Crippen LogP contribution in [0, 0.1) is 20.8 Å². The van der Waals surface area contributed by atoms with Crippen LogP contribution in [0.1, 0.15) is 38.4 Å². The lowest BCUT2D eigenvalue weighted by atomic mass is 10.1. The van der Waals surface area contributed by atoms with E-state index in [0.29, 0.717) is 38.6 Å². The number of nitrogens with one attached hydrogen (secondary N) is 1. The first kappa shape index (κ1) is 25.1. The average Bonchev–Trinajstić information content (AvgIpc) is 3.07. The van der Waals surface area contributed by atoms with Crippen molar-refractivity contribution in [3.05, 3.63) is 109 Å². The first-order valence-electron chi connectivity index (χ1n) is 11.0. The molecule has 0 fully saturated rings. The first-order valence-corrected chi connectivity index (χ1v) is 12.1. The SMILES string of the molecule is Cc1ccc(Cn2nc(C)c(NC(=O)c3cccc(COc4c(Cl)cc(Cl)cc4Cl)c3)c2C)cc1. The van der Waals surface area contributed by atoms with Crippen LogP contribution in [0.5, 0.6) is 5.75 Å². The molecule has 4 aromatic rings. The predicted octanol–water partition coefficient (Wildman–Crippen LogP) is 7.65. The molecular formula is C27H24Cl3N3O2. The van der Waals surface area contributed by atoms with Gasteiger partial charge in [0, 0.05) is 10.6 Å². The molecule has 0 aliphatic heterocycles. The van der Waals surface area contributed by atoms with Crippen LogP contribution in [0.3, 0.4) is 0 Å². The third kappa shape index (κ3) is 5.99. The van der Waals surface area contributed by atoms with E-state index in [2.05, 4.69) is 41.6 Å². The summed E-state index contributed by atoms with van der Waals surface area (Å²) in [7, 11) is 0. The Labute approximate surface area is 219 Å².